The first kappa shape index (κ1) is 23.5. The molecule has 0 radical (unpaired) electrons. The van der Waals surface area contributed by atoms with Crippen molar-refractivity contribution in [1.82, 2.24) is 4.98 Å². The number of Topliss-reactive ketones (excluding diaryl/α,β-unsaturated/α-hetero) is 1. The summed E-state index contributed by atoms with van der Waals surface area (Å²) in [5.74, 6) is -1.43. The molecule has 5 rings (SSSR count). The average Bonchev–Trinajstić information content (AvgIpc) is 3.14. The summed E-state index contributed by atoms with van der Waals surface area (Å²) in [4.78, 5) is 33.7. The fourth-order valence-corrected chi connectivity index (χ4v) is 4.92. The van der Waals surface area contributed by atoms with E-state index in [-0.39, 0.29) is 21.9 Å². The highest BCUT2D eigenvalue weighted by Crippen LogP contribution is 2.43. The Bertz CT molecular complexity index is 1500. The van der Waals surface area contributed by atoms with Gasteiger partial charge in [0.25, 0.3) is 11.7 Å². The van der Waals surface area contributed by atoms with Crippen molar-refractivity contribution >= 4 is 38.8 Å². The molecule has 2 aromatic carbocycles. The van der Waals surface area contributed by atoms with Crippen LogP contribution in [-0.2, 0) is 19.6 Å². The van der Waals surface area contributed by atoms with Crippen molar-refractivity contribution in [1.29, 1.82) is 0 Å². The zero-order chi connectivity index (χ0) is 25.6. The fraction of sp³-hybridized carbons (Fsp3) is 0.160. The predicted octanol–water partition coefficient (Wildman–Crippen LogP) is 2.18. The molecule has 11 heteroatoms. The SMILES string of the molecule is CN1CCOc2ccc(/C(O)=C3/C(=O)C(=O)N(c4ccc(S(N)(=O)=O)cc4)C3c3cccnc3)cc21. The molecule has 10 nitrogen and oxygen atoms in total. The third-order valence-electron chi connectivity index (χ3n) is 6.22. The Morgan fingerprint density at radius 1 is 1.14 bits per heavy atom. The van der Waals surface area contributed by atoms with Gasteiger partial charge in [0.05, 0.1) is 28.7 Å². The van der Waals surface area contributed by atoms with E-state index < -0.39 is 27.8 Å². The van der Waals surface area contributed by atoms with E-state index in [0.29, 0.717) is 30.0 Å². The van der Waals surface area contributed by atoms with Gasteiger partial charge in [0.15, 0.2) is 0 Å². The molecule has 0 aliphatic carbocycles. The number of hydrogen-bond donors (Lipinski definition) is 2. The number of rotatable bonds is 4. The normalized spacial score (nSPS) is 19.2. The van der Waals surface area contributed by atoms with E-state index in [0.717, 1.165) is 5.69 Å². The van der Waals surface area contributed by atoms with Crippen LogP contribution in [0, 0.1) is 0 Å². The quantitative estimate of drug-likeness (QED) is 0.311. The number of benzene rings is 2. The molecule has 1 aromatic heterocycles. The number of carbonyl (C=O) groups excluding carboxylic acids is 2. The molecule has 1 saturated heterocycles. The summed E-state index contributed by atoms with van der Waals surface area (Å²) < 4.78 is 29.0. The number of nitrogens with two attached hydrogens (primary N) is 1. The van der Waals surface area contributed by atoms with Crippen molar-refractivity contribution in [2.24, 2.45) is 5.14 Å². The van der Waals surface area contributed by atoms with E-state index >= 15 is 0 Å². The Balaban J connectivity index is 1.67. The molecule has 0 saturated carbocycles. The topological polar surface area (TPSA) is 143 Å². The largest absolute Gasteiger partial charge is 0.507 e. The van der Waals surface area contributed by atoms with Crippen LogP contribution < -0.4 is 19.7 Å². The minimum Gasteiger partial charge on any atom is -0.507 e. The minimum absolute atomic E-state index is 0.108. The maximum Gasteiger partial charge on any atom is 0.300 e. The van der Waals surface area contributed by atoms with Crippen LogP contribution in [0.5, 0.6) is 5.75 Å². The standard InChI is InChI=1S/C25H22N4O6S/c1-28-11-12-35-20-9-4-15(13-19(20)28)23(30)21-22(16-3-2-10-27-14-16)29(25(32)24(21)31)17-5-7-18(8-6-17)36(26,33)34/h2-10,13-14,22,30H,11-12H2,1H3,(H2,26,33,34)/b23-21-. The fourth-order valence-electron chi connectivity index (χ4n) is 4.40. The Kier molecular flexibility index (Phi) is 5.73. The van der Waals surface area contributed by atoms with E-state index in [1.807, 2.05) is 11.9 Å². The second-order valence-corrected chi connectivity index (χ2v) is 10.0. The summed E-state index contributed by atoms with van der Waals surface area (Å²) >= 11 is 0. The van der Waals surface area contributed by atoms with Gasteiger partial charge in [-0.25, -0.2) is 13.6 Å². The monoisotopic (exact) mass is 506 g/mol. The third-order valence-corrected chi connectivity index (χ3v) is 7.15. The molecule has 1 amide bonds. The Labute approximate surface area is 207 Å². The number of aliphatic hydroxyl groups is 1. The number of ether oxygens (including phenoxy) is 1. The molecular formula is C25H22N4O6S. The van der Waals surface area contributed by atoms with Gasteiger partial charge in [-0.3, -0.25) is 19.5 Å². The van der Waals surface area contributed by atoms with Gasteiger partial charge in [0.1, 0.15) is 18.1 Å². The van der Waals surface area contributed by atoms with Crippen molar-refractivity contribution in [2.45, 2.75) is 10.9 Å². The van der Waals surface area contributed by atoms with Crippen LogP contribution in [0.15, 0.2) is 77.5 Å². The van der Waals surface area contributed by atoms with E-state index in [1.54, 1.807) is 36.5 Å². The van der Waals surface area contributed by atoms with Gasteiger partial charge in [-0.05, 0) is 54.1 Å². The summed E-state index contributed by atoms with van der Waals surface area (Å²) in [6.07, 6.45) is 3.06. The summed E-state index contributed by atoms with van der Waals surface area (Å²) in [5.41, 5.74) is 1.74. The van der Waals surface area contributed by atoms with E-state index in [2.05, 4.69) is 4.98 Å². The average molecular weight is 507 g/mol. The molecule has 1 atom stereocenters. The summed E-state index contributed by atoms with van der Waals surface area (Å²) in [7, 11) is -2.06. The minimum atomic E-state index is -3.95. The van der Waals surface area contributed by atoms with Gasteiger partial charge in [-0.2, -0.15) is 0 Å². The van der Waals surface area contributed by atoms with Crippen molar-refractivity contribution in [2.75, 3.05) is 30.0 Å². The number of primary sulfonamides is 1. The maximum absolute atomic E-state index is 13.3. The number of aromatic nitrogens is 1. The van der Waals surface area contributed by atoms with Gasteiger partial charge in [0.2, 0.25) is 10.0 Å². The van der Waals surface area contributed by atoms with E-state index in [1.165, 1.54) is 35.4 Å². The van der Waals surface area contributed by atoms with Crippen LogP contribution in [0.1, 0.15) is 17.2 Å². The van der Waals surface area contributed by atoms with Crippen molar-refractivity contribution in [3.8, 4) is 5.75 Å². The molecule has 2 aliphatic heterocycles. The van der Waals surface area contributed by atoms with E-state index in [4.69, 9.17) is 9.88 Å². The van der Waals surface area contributed by atoms with Gasteiger partial charge < -0.3 is 14.7 Å². The molecule has 3 N–H and O–H groups in total. The van der Waals surface area contributed by atoms with Crippen LogP contribution in [-0.4, -0.2) is 50.4 Å². The van der Waals surface area contributed by atoms with Crippen LogP contribution >= 0.6 is 0 Å². The number of carbonyl (C=O) groups is 2. The Morgan fingerprint density at radius 3 is 2.56 bits per heavy atom. The number of nitrogens with zero attached hydrogens (tertiary/aromatic N) is 3. The van der Waals surface area contributed by atoms with Gasteiger partial charge in [-0.1, -0.05) is 6.07 Å². The van der Waals surface area contributed by atoms with Crippen LogP contribution in [0.3, 0.4) is 0 Å². The second-order valence-electron chi connectivity index (χ2n) is 8.45. The number of fused-ring (bicyclic) bond motifs is 1. The smallest absolute Gasteiger partial charge is 0.300 e. The number of amides is 1. The molecule has 36 heavy (non-hydrogen) atoms. The number of aliphatic hydroxyl groups excluding tert-OH is 1. The molecular weight excluding hydrogens is 484 g/mol. The zero-order valence-corrected chi connectivity index (χ0v) is 20.0. The van der Waals surface area contributed by atoms with Crippen molar-refractivity contribution in [3.05, 3.63) is 83.7 Å². The van der Waals surface area contributed by atoms with Crippen molar-refractivity contribution < 1.29 is 27.9 Å². The Morgan fingerprint density at radius 2 is 1.89 bits per heavy atom. The lowest BCUT2D eigenvalue weighted by Gasteiger charge is -2.28. The van der Waals surface area contributed by atoms with Gasteiger partial charge in [-0.15, -0.1) is 0 Å². The third kappa shape index (κ3) is 3.97. The molecule has 1 unspecified atom stereocenters. The molecule has 1 fully saturated rings. The summed E-state index contributed by atoms with van der Waals surface area (Å²) in [5, 5.41) is 16.5. The second kappa shape index (κ2) is 8.77. The van der Waals surface area contributed by atoms with Crippen LogP contribution in [0.25, 0.3) is 5.76 Å². The lowest BCUT2D eigenvalue weighted by Crippen LogP contribution is -2.29. The Hall–Kier alpha value is -4.22. The highest BCUT2D eigenvalue weighted by molar-refractivity contribution is 7.89. The zero-order valence-electron chi connectivity index (χ0n) is 19.2. The van der Waals surface area contributed by atoms with Crippen LogP contribution in [0.2, 0.25) is 0 Å². The molecule has 2 aliphatic rings. The maximum atomic E-state index is 13.3. The molecule has 0 bridgehead atoms. The first-order valence-corrected chi connectivity index (χ1v) is 12.5. The van der Waals surface area contributed by atoms with Crippen LogP contribution in [0.4, 0.5) is 11.4 Å². The summed E-state index contributed by atoms with van der Waals surface area (Å²) in [6, 6.07) is 12.7. The van der Waals surface area contributed by atoms with E-state index in [9.17, 15) is 23.1 Å². The number of hydrogen-bond acceptors (Lipinski definition) is 8. The lowest BCUT2D eigenvalue weighted by atomic mass is 9.95. The number of sulfonamides is 1. The lowest BCUT2D eigenvalue weighted by molar-refractivity contribution is -0.132. The molecule has 3 aromatic rings. The van der Waals surface area contributed by atoms with Gasteiger partial charge in [0, 0.05) is 30.7 Å². The molecule has 184 valence electrons. The molecule has 0 spiro atoms. The highest BCUT2D eigenvalue weighted by atomic mass is 32.2. The first-order valence-electron chi connectivity index (χ1n) is 11.0. The number of pyridine rings is 1. The van der Waals surface area contributed by atoms with Gasteiger partial charge >= 0.3 is 0 Å². The van der Waals surface area contributed by atoms with Crippen molar-refractivity contribution in [3.63, 3.8) is 0 Å². The summed E-state index contributed by atoms with van der Waals surface area (Å²) in [6.45, 7) is 1.19. The number of likely N-dealkylation sites (N-methyl/N-ethyl adjacent to an activating group) is 1. The first-order chi connectivity index (χ1) is 17.2. The molecule has 3 heterocycles. The predicted molar refractivity (Wildman–Crippen MR) is 132 cm³/mol. The number of ketones is 1. The number of anilines is 2. The highest BCUT2D eigenvalue weighted by Gasteiger charge is 2.47.